The lowest BCUT2D eigenvalue weighted by atomic mass is 10.1. The van der Waals surface area contributed by atoms with Gasteiger partial charge in [0.25, 0.3) is 0 Å². The van der Waals surface area contributed by atoms with Crippen molar-refractivity contribution in [2.45, 2.75) is 54.1 Å². The number of para-hydroxylation sites is 2. The molecule has 55 heavy (non-hydrogen) atoms. The quantitative estimate of drug-likeness (QED) is 0.0905. The molecular formula is C38H46N8O9. The maximum Gasteiger partial charge on any atom is 0.399 e. The van der Waals surface area contributed by atoms with E-state index in [1.807, 2.05) is 12.1 Å². The summed E-state index contributed by atoms with van der Waals surface area (Å²) < 4.78 is 20.0. The number of nitrogen functional groups attached to an aromatic ring is 2. The molecule has 292 valence electrons. The van der Waals surface area contributed by atoms with Crippen molar-refractivity contribution in [2.24, 2.45) is 0 Å². The zero-order chi connectivity index (χ0) is 39.6. The molecule has 0 saturated carbocycles. The number of rotatable bonds is 12. The highest BCUT2D eigenvalue weighted by Gasteiger charge is 2.20. The number of aromatic nitrogens is 4. The molecule has 0 spiro atoms. The molecule has 17 heteroatoms. The Balaban J connectivity index is 0.000000373. The van der Waals surface area contributed by atoms with Crippen LogP contribution in [0.15, 0.2) is 60.7 Å². The molecule has 2 amide bonds. The molecule has 0 saturated heterocycles. The van der Waals surface area contributed by atoms with Crippen LogP contribution in [0.25, 0.3) is 24.3 Å². The lowest BCUT2D eigenvalue weighted by Crippen LogP contribution is -2.29. The molecule has 2 unspecified atom stereocenters. The average molecular weight is 759 g/mol. The van der Waals surface area contributed by atoms with Crippen LogP contribution in [0.4, 0.5) is 23.0 Å². The summed E-state index contributed by atoms with van der Waals surface area (Å²) in [6.45, 7) is 10.8. The van der Waals surface area contributed by atoms with E-state index >= 15 is 0 Å². The second-order valence-electron chi connectivity index (χ2n) is 11.1. The van der Waals surface area contributed by atoms with Crippen LogP contribution in [0.1, 0.15) is 61.9 Å². The fourth-order valence-corrected chi connectivity index (χ4v) is 4.56. The standard InChI is InChI=1S/2C19H22N4O4.H2O/c2*1-4-26-13(3)27-19(25)18(24)23-16-8-6-5-7-14(16)9-10-15-11-17(20)22-12(2)21-15;/h2*5-11,13H,4H2,1-3H3,(H,23,24)(H2,20,21,22);1H2. The number of carbonyl (C=O) groups excluding carboxylic acids is 4. The summed E-state index contributed by atoms with van der Waals surface area (Å²) in [5.41, 5.74) is 15.0. The normalized spacial score (nSPS) is 11.7. The Labute approximate surface area is 318 Å². The number of anilines is 4. The Morgan fingerprint density at radius 3 is 1.35 bits per heavy atom. The first kappa shape index (κ1) is 44.6. The molecular weight excluding hydrogens is 712 g/mol. The molecule has 2 atom stereocenters. The Hall–Kier alpha value is -6.56. The maximum absolute atomic E-state index is 12.1. The molecule has 0 fully saturated rings. The number of ether oxygens (including phenoxy) is 4. The van der Waals surface area contributed by atoms with E-state index < -0.39 is 36.3 Å². The summed E-state index contributed by atoms with van der Waals surface area (Å²) in [7, 11) is 0. The predicted molar refractivity (Wildman–Crippen MR) is 208 cm³/mol. The molecule has 0 bridgehead atoms. The van der Waals surface area contributed by atoms with Gasteiger partial charge in [-0.05, 0) is 77.0 Å². The van der Waals surface area contributed by atoms with Crippen molar-refractivity contribution in [2.75, 3.05) is 35.3 Å². The number of aryl methyl sites for hydroxylation is 2. The van der Waals surface area contributed by atoms with Crippen molar-refractivity contribution >= 4 is 71.1 Å². The molecule has 4 aromatic rings. The van der Waals surface area contributed by atoms with Gasteiger partial charge in [0.15, 0.2) is 0 Å². The highest BCUT2D eigenvalue weighted by molar-refractivity contribution is 6.38. The third-order valence-electron chi connectivity index (χ3n) is 6.76. The van der Waals surface area contributed by atoms with Crippen LogP contribution in [-0.4, -0.2) is 75.0 Å². The molecule has 0 aliphatic heterocycles. The Bertz CT molecular complexity index is 1810. The monoisotopic (exact) mass is 758 g/mol. The Morgan fingerprint density at radius 2 is 1.00 bits per heavy atom. The Kier molecular flexibility index (Phi) is 18.2. The number of carbonyl (C=O) groups is 4. The molecule has 17 nitrogen and oxygen atoms in total. The number of nitrogens with zero attached hydrogens (tertiary/aromatic N) is 4. The molecule has 2 aromatic heterocycles. The van der Waals surface area contributed by atoms with Gasteiger partial charge in [-0.3, -0.25) is 9.59 Å². The van der Waals surface area contributed by atoms with Crippen molar-refractivity contribution in [3.05, 3.63) is 94.8 Å². The predicted octanol–water partition coefficient (Wildman–Crippen LogP) is 3.98. The maximum atomic E-state index is 12.1. The summed E-state index contributed by atoms with van der Waals surface area (Å²) in [6, 6.07) is 17.3. The van der Waals surface area contributed by atoms with Crippen LogP contribution in [0.5, 0.6) is 0 Å². The van der Waals surface area contributed by atoms with Gasteiger partial charge in [0.05, 0.1) is 11.4 Å². The summed E-state index contributed by atoms with van der Waals surface area (Å²) in [4.78, 5) is 64.4. The van der Waals surface area contributed by atoms with Gasteiger partial charge in [-0.1, -0.05) is 48.6 Å². The van der Waals surface area contributed by atoms with E-state index in [0.29, 0.717) is 70.4 Å². The second kappa shape index (κ2) is 22.5. The summed E-state index contributed by atoms with van der Waals surface area (Å²) in [5, 5.41) is 5.08. The minimum atomic E-state index is -1.02. The fraction of sp³-hybridized carbons (Fsp3) is 0.263. The number of benzene rings is 2. The van der Waals surface area contributed by atoms with E-state index in [-0.39, 0.29) is 5.48 Å². The third-order valence-corrected chi connectivity index (χ3v) is 6.76. The SMILES string of the molecule is CCOC(C)OC(=O)C(=O)Nc1ccccc1C=Cc1cc(N)nc(C)n1.CCOC(C)OC(=O)C(=O)Nc1ccccc1C=Cc1cc(N)nc(C)n1.O. The van der Waals surface area contributed by atoms with E-state index in [4.69, 9.17) is 30.4 Å². The number of esters is 2. The van der Waals surface area contributed by atoms with Crippen LogP contribution in [0.3, 0.4) is 0 Å². The highest BCUT2D eigenvalue weighted by Crippen LogP contribution is 2.20. The summed E-state index contributed by atoms with van der Waals surface area (Å²) >= 11 is 0. The van der Waals surface area contributed by atoms with Gasteiger partial charge in [0.2, 0.25) is 12.6 Å². The fourth-order valence-electron chi connectivity index (χ4n) is 4.56. The van der Waals surface area contributed by atoms with Gasteiger partial charge in [-0.25, -0.2) is 29.5 Å². The van der Waals surface area contributed by atoms with Gasteiger partial charge < -0.3 is 46.5 Å². The Morgan fingerprint density at radius 1 is 0.636 bits per heavy atom. The van der Waals surface area contributed by atoms with Gasteiger partial charge in [0.1, 0.15) is 23.3 Å². The topological polar surface area (TPSA) is 264 Å². The van der Waals surface area contributed by atoms with Crippen LogP contribution in [0.2, 0.25) is 0 Å². The van der Waals surface area contributed by atoms with E-state index in [9.17, 15) is 19.2 Å². The van der Waals surface area contributed by atoms with Crippen LogP contribution >= 0.6 is 0 Å². The van der Waals surface area contributed by atoms with Gasteiger partial charge in [0, 0.05) is 36.7 Å². The van der Waals surface area contributed by atoms with E-state index in [1.165, 1.54) is 0 Å². The van der Waals surface area contributed by atoms with Crippen molar-refractivity contribution in [3.63, 3.8) is 0 Å². The highest BCUT2D eigenvalue weighted by atomic mass is 16.7. The lowest BCUT2D eigenvalue weighted by Gasteiger charge is -2.13. The second-order valence-corrected chi connectivity index (χ2v) is 11.1. The third kappa shape index (κ3) is 15.5. The largest absolute Gasteiger partial charge is 0.429 e. The molecule has 0 radical (unpaired) electrons. The van der Waals surface area contributed by atoms with Gasteiger partial charge >= 0.3 is 23.8 Å². The minimum absolute atomic E-state index is 0. The number of hydrogen-bond donors (Lipinski definition) is 4. The number of nitrogens with two attached hydrogens (primary N) is 2. The van der Waals surface area contributed by atoms with Crippen molar-refractivity contribution in [1.29, 1.82) is 0 Å². The first-order valence-electron chi connectivity index (χ1n) is 16.8. The van der Waals surface area contributed by atoms with Crippen LogP contribution in [0, 0.1) is 13.8 Å². The molecule has 0 aliphatic rings. The molecule has 2 aromatic carbocycles. The smallest absolute Gasteiger partial charge is 0.399 e. The molecule has 8 N–H and O–H groups in total. The van der Waals surface area contributed by atoms with E-state index in [2.05, 4.69) is 30.6 Å². The number of amides is 2. The molecule has 4 rings (SSSR count). The van der Waals surface area contributed by atoms with Crippen molar-refractivity contribution in [1.82, 2.24) is 19.9 Å². The molecule has 2 heterocycles. The number of nitrogens with one attached hydrogen (secondary N) is 2. The van der Waals surface area contributed by atoms with Crippen molar-refractivity contribution in [3.8, 4) is 0 Å². The van der Waals surface area contributed by atoms with E-state index in [0.717, 1.165) is 0 Å². The first-order chi connectivity index (χ1) is 25.8. The molecule has 0 aliphatic carbocycles. The summed E-state index contributed by atoms with van der Waals surface area (Å²) in [5.74, 6) is -1.95. The van der Waals surface area contributed by atoms with Crippen LogP contribution < -0.4 is 22.1 Å². The summed E-state index contributed by atoms with van der Waals surface area (Å²) in [6.07, 6.45) is 5.40. The van der Waals surface area contributed by atoms with E-state index in [1.54, 1.807) is 114 Å². The lowest BCUT2D eigenvalue weighted by molar-refractivity contribution is -0.177. The number of hydrogen-bond acceptors (Lipinski definition) is 14. The first-order valence-corrected chi connectivity index (χ1v) is 16.8. The zero-order valence-corrected chi connectivity index (χ0v) is 31.4. The zero-order valence-electron chi connectivity index (χ0n) is 31.4. The average Bonchev–Trinajstić information content (AvgIpc) is 3.10. The van der Waals surface area contributed by atoms with Crippen LogP contribution in [-0.2, 0) is 38.1 Å². The van der Waals surface area contributed by atoms with Crippen molar-refractivity contribution < 1.29 is 43.6 Å². The van der Waals surface area contributed by atoms with Gasteiger partial charge in [-0.2, -0.15) is 0 Å². The minimum Gasteiger partial charge on any atom is -0.429 e. The van der Waals surface area contributed by atoms with Gasteiger partial charge in [-0.15, -0.1) is 0 Å².